The number of esters is 1. The van der Waals surface area contributed by atoms with E-state index in [-0.39, 0.29) is 17.3 Å². The maximum Gasteiger partial charge on any atom is 0.501 e. The SMILES string of the molecule is CCOC(=O)CSc1ccc(S(=O)(=O)C(F)(F)F)cc1[N+](=O)[O-]. The molecule has 1 aromatic carbocycles. The predicted molar refractivity (Wildman–Crippen MR) is 73.7 cm³/mol. The zero-order valence-electron chi connectivity index (χ0n) is 11.5. The first kappa shape index (κ1) is 19.2. The lowest BCUT2D eigenvalue weighted by atomic mass is 10.3. The minimum atomic E-state index is -5.69. The van der Waals surface area contributed by atoms with Gasteiger partial charge in [0.25, 0.3) is 15.5 Å². The van der Waals surface area contributed by atoms with Crippen LogP contribution in [-0.2, 0) is 19.4 Å². The van der Waals surface area contributed by atoms with Crippen LogP contribution in [0, 0.1) is 10.1 Å². The Bertz CT molecular complexity index is 717. The average Bonchev–Trinajstić information content (AvgIpc) is 2.43. The van der Waals surface area contributed by atoms with Crippen molar-refractivity contribution in [2.75, 3.05) is 12.4 Å². The lowest BCUT2D eigenvalue weighted by Crippen LogP contribution is -2.23. The van der Waals surface area contributed by atoms with Gasteiger partial charge in [-0.2, -0.15) is 13.2 Å². The highest BCUT2D eigenvalue weighted by atomic mass is 32.2. The number of benzene rings is 1. The number of ether oxygens (including phenoxy) is 1. The Labute approximate surface area is 132 Å². The van der Waals surface area contributed by atoms with Crippen molar-refractivity contribution >= 4 is 33.3 Å². The number of thioether (sulfide) groups is 1. The van der Waals surface area contributed by atoms with Gasteiger partial charge in [0.15, 0.2) is 0 Å². The Hall–Kier alpha value is -1.82. The van der Waals surface area contributed by atoms with E-state index in [1.54, 1.807) is 6.92 Å². The number of sulfone groups is 1. The van der Waals surface area contributed by atoms with E-state index in [2.05, 4.69) is 4.74 Å². The van der Waals surface area contributed by atoms with Crippen molar-refractivity contribution in [1.29, 1.82) is 0 Å². The van der Waals surface area contributed by atoms with Crippen LogP contribution in [0.4, 0.5) is 18.9 Å². The third kappa shape index (κ3) is 4.58. The van der Waals surface area contributed by atoms with Crippen LogP contribution in [0.2, 0.25) is 0 Å². The smallest absolute Gasteiger partial charge is 0.465 e. The van der Waals surface area contributed by atoms with Gasteiger partial charge in [0.2, 0.25) is 0 Å². The monoisotopic (exact) mass is 373 g/mol. The highest BCUT2D eigenvalue weighted by molar-refractivity contribution is 8.00. The first-order chi connectivity index (χ1) is 10.5. The summed E-state index contributed by atoms with van der Waals surface area (Å²) in [6.07, 6.45) is 0. The van der Waals surface area contributed by atoms with E-state index in [1.165, 1.54) is 0 Å². The van der Waals surface area contributed by atoms with Crippen LogP contribution >= 0.6 is 11.8 Å². The Morgan fingerprint density at radius 3 is 2.48 bits per heavy atom. The molecule has 0 aliphatic carbocycles. The van der Waals surface area contributed by atoms with Crippen molar-refractivity contribution in [3.8, 4) is 0 Å². The summed E-state index contributed by atoms with van der Waals surface area (Å²) in [6, 6.07) is 1.76. The molecule has 7 nitrogen and oxygen atoms in total. The van der Waals surface area contributed by atoms with Gasteiger partial charge in [-0.3, -0.25) is 14.9 Å². The minimum Gasteiger partial charge on any atom is -0.465 e. The molecule has 1 aromatic rings. The van der Waals surface area contributed by atoms with Crippen LogP contribution in [0.5, 0.6) is 0 Å². The number of rotatable bonds is 6. The summed E-state index contributed by atoms with van der Waals surface area (Å²) in [5.74, 6) is -0.973. The number of alkyl halides is 3. The van der Waals surface area contributed by atoms with Crippen LogP contribution in [0.15, 0.2) is 28.0 Å². The summed E-state index contributed by atoms with van der Waals surface area (Å²) in [5.41, 5.74) is -6.41. The molecule has 0 unspecified atom stereocenters. The number of hydrogen-bond acceptors (Lipinski definition) is 7. The summed E-state index contributed by atoms with van der Waals surface area (Å²) in [4.78, 5) is 19.7. The highest BCUT2D eigenvalue weighted by Crippen LogP contribution is 2.36. The van der Waals surface area contributed by atoms with Crippen LogP contribution in [0.1, 0.15) is 6.92 Å². The van der Waals surface area contributed by atoms with Crippen molar-refractivity contribution in [3.05, 3.63) is 28.3 Å². The molecule has 0 amide bonds. The van der Waals surface area contributed by atoms with Gasteiger partial charge in [0.1, 0.15) is 0 Å². The third-order valence-corrected chi connectivity index (χ3v) is 4.91. The molecule has 23 heavy (non-hydrogen) atoms. The van der Waals surface area contributed by atoms with E-state index < -0.39 is 36.8 Å². The van der Waals surface area contributed by atoms with Crippen LogP contribution in [-0.4, -0.2) is 37.2 Å². The summed E-state index contributed by atoms with van der Waals surface area (Å²) in [6.45, 7) is 1.66. The second-order valence-corrected chi connectivity index (χ2v) is 6.89. The van der Waals surface area contributed by atoms with Gasteiger partial charge < -0.3 is 4.74 Å². The average molecular weight is 373 g/mol. The second kappa shape index (κ2) is 7.17. The van der Waals surface area contributed by atoms with Crippen LogP contribution in [0.25, 0.3) is 0 Å². The first-order valence-corrected chi connectivity index (χ1v) is 8.35. The Morgan fingerprint density at radius 1 is 1.39 bits per heavy atom. The van der Waals surface area contributed by atoms with Crippen molar-refractivity contribution in [2.24, 2.45) is 0 Å². The predicted octanol–water partition coefficient (Wildman–Crippen LogP) is 2.54. The van der Waals surface area contributed by atoms with Gasteiger partial charge in [0.05, 0.1) is 27.1 Å². The number of halogens is 3. The Kier molecular flexibility index (Phi) is 5.99. The van der Waals surface area contributed by atoms with E-state index >= 15 is 0 Å². The van der Waals surface area contributed by atoms with Gasteiger partial charge in [-0.15, -0.1) is 11.8 Å². The number of nitro benzene ring substituents is 1. The molecular formula is C11H10F3NO6S2. The second-order valence-electron chi connectivity index (χ2n) is 3.93. The fraction of sp³-hybridized carbons (Fsp3) is 0.364. The quantitative estimate of drug-likeness (QED) is 0.327. The number of nitro groups is 1. The van der Waals surface area contributed by atoms with Crippen LogP contribution < -0.4 is 0 Å². The lowest BCUT2D eigenvalue weighted by Gasteiger charge is -2.09. The van der Waals surface area contributed by atoms with E-state index in [0.717, 1.165) is 6.07 Å². The molecule has 0 heterocycles. The van der Waals surface area contributed by atoms with E-state index in [0.29, 0.717) is 23.9 Å². The molecule has 0 N–H and O–H groups in total. The molecule has 0 aliphatic heterocycles. The largest absolute Gasteiger partial charge is 0.501 e. The topological polar surface area (TPSA) is 104 Å². The van der Waals surface area contributed by atoms with Crippen molar-refractivity contribution in [1.82, 2.24) is 0 Å². The molecule has 0 aromatic heterocycles. The Balaban J connectivity index is 3.18. The minimum absolute atomic E-state index is 0.101. The summed E-state index contributed by atoms with van der Waals surface area (Å²) in [7, 11) is -5.69. The van der Waals surface area contributed by atoms with E-state index in [9.17, 15) is 36.5 Å². The van der Waals surface area contributed by atoms with E-state index in [4.69, 9.17) is 0 Å². The molecule has 12 heteroatoms. The molecule has 0 aliphatic rings. The summed E-state index contributed by atoms with van der Waals surface area (Å²) in [5, 5.41) is 10.9. The molecule has 0 spiro atoms. The highest BCUT2D eigenvalue weighted by Gasteiger charge is 2.47. The fourth-order valence-electron chi connectivity index (χ4n) is 1.40. The molecule has 0 saturated heterocycles. The summed E-state index contributed by atoms with van der Waals surface area (Å²) < 4.78 is 64.5. The van der Waals surface area contributed by atoms with Gasteiger partial charge >= 0.3 is 11.5 Å². The molecule has 0 bridgehead atoms. The normalized spacial score (nSPS) is 12.0. The van der Waals surface area contributed by atoms with E-state index in [1.807, 2.05) is 0 Å². The van der Waals surface area contributed by atoms with Crippen molar-refractivity contribution in [3.63, 3.8) is 0 Å². The fourth-order valence-corrected chi connectivity index (χ4v) is 2.99. The molecule has 0 radical (unpaired) electrons. The molecule has 0 atom stereocenters. The Morgan fingerprint density at radius 2 is 2.00 bits per heavy atom. The van der Waals surface area contributed by atoms with Gasteiger partial charge in [-0.25, -0.2) is 8.42 Å². The van der Waals surface area contributed by atoms with Crippen molar-refractivity contribution in [2.45, 2.75) is 22.2 Å². The van der Waals surface area contributed by atoms with Crippen molar-refractivity contribution < 1.29 is 36.0 Å². The molecule has 1 rings (SSSR count). The van der Waals surface area contributed by atoms with Crippen LogP contribution in [0.3, 0.4) is 0 Å². The number of nitrogens with zero attached hydrogens (tertiary/aromatic N) is 1. The molecular weight excluding hydrogens is 363 g/mol. The van der Waals surface area contributed by atoms with Gasteiger partial charge in [-0.05, 0) is 19.1 Å². The zero-order chi connectivity index (χ0) is 17.8. The van der Waals surface area contributed by atoms with Gasteiger partial charge in [0, 0.05) is 6.07 Å². The number of hydrogen-bond donors (Lipinski definition) is 0. The third-order valence-electron chi connectivity index (χ3n) is 2.39. The van der Waals surface area contributed by atoms with Gasteiger partial charge in [-0.1, -0.05) is 0 Å². The number of carbonyl (C=O) groups is 1. The number of carbonyl (C=O) groups excluding carboxylic acids is 1. The first-order valence-electron chi connectivity index (χ1n) is 5.89. The molecule has 128 valence electrons. The summed E-state index contributed by atoms with van der Waals surface area (Å²) >= 11 is 0.658. The lowest BCUT2D eigenvalue weighted by molar-refractivity contribution is -0.388. The molecule has 0 fully saturated rings. The maximum atomic E-state index is 12.5. The maximum absolute atomic E-state index is 12.5. The zero-order valence-corrected chi connectivity index (χ0v) is 13.1. The standard InChI is InChI=1S/C11H10F3NO6S2/c1-2-21-10(16)6-22-9-4-3-7(5-8(9)15(17)18)23(19,20)11(12,13)14/h3-5H,2,6H2,1H3. The molecule has 0 saturated carbocycles.